The highest BCUT2D eigenvalue weighted by Gasteiger charge is 2.14. The summed E-state index contributed by atoms with van der Waals surface area (Å²) < 4.78 is 11.2. The van der Waals surface area contributed by atoms with Crippen LogP contribution >= 0.6 is 34.8 Å². The summed E-state index contributed by atoms with van der Waals surface area (Å²) in [5.74, 6) is 1.10. The molecule has 128 valence electrons. The van der Waals surface area contributed by atoms with E-state index >= 15 is 0 Å². The molecule has 24 heavy (non-hydrogen) atoms. The van der Waals surface area contributed by atoms with Crippen LogP contribution < -0.4 is 9.47 Å². The second-order valence-electron chi connectivity index (χ2n) is 5.22. The first-order chi connectivity index (χ1) is 11.4. The molecule has 0 fully saturated rings. The van der Waals surface area contributed by atoms with Gasteiger partial charge in [-0.05, 0) is 49.2 Å². The maximum Gasteiger partial charge on any atom is 0.180 e. The third kappa shape index (κ3) is 4.79. The minimum absolute atomic E-state index is 0.0452. The summed E-state index contributed by atoms with van der Waals surface area (Å²) in [7, 11) is 1.58. The second-order valence-corrected chi connectivity index (χ2v) is 6.48. The average Bonchev–Trinajstić information content (AvgIpc) is 2.55. The molecule has 0 amide bonds. The predicted octanol–water partition coefficient (Wildman–Crippen LogP) is 6.58. The topological polar surface area (TPSA) is 30.8 Å². The van der Waals surface area contributed by atoms with Gasteiger partial charge in [-0.15, -0.1) is 0 Å². The van der Waals surface area contributed by atoms with Crippen LogP contribution in [0.15, 0.2) is 35.3 Å². The Hall–Kier alpha value is -1.42. The highest BCUT2D eigenvalue weighted by Crippen LogP contribution is 2.37. The number of hydrogen-bond donors (Lipinski definition) is 0. The van der Waals surface area contributed by atoms with Crippen molar-refractivity contribution in [2.24, 2.45) is 4.99 Å². The molecule has 0 unspecified atom stereocenters. The van der Waals surface area contributed by atoms with E-state index in [1.54, 1.807) is 37.6 Å². The summed E-state index contributed by atoms with van der Waals surface area (Å²) in [5, 5.41) is 1.52. The molecule has 0 radical (unpaired) electrons. The van der Waals surface area contributed by atoms with Crippen molar-refractivity contribution in [3.05, 3.63) is 51.0 Å². The number of hydrogen-bond acceptors (Lipinski definition) is 3. The Morgan fingerprint density at radius 1 is 1.12 bits per heavy atom. The van der Waals surface area contributed by atoms with Gasteiger partial charge in [0.15, 0.2) is 11.5 Å². The number of methoxy groups -OCH3 is 1. The van der Waals surface area contributed by atoms with E-state index in [1.807, 2.05) is 19.9 Å². The van der Waals surface area contributed by atoms with Crippen molar-refractivity contribution < 1.29 is 9.47 Å². The van der Waals surface area contributed by atoms with Gasteiger partial charge in [0.1, 0.15) is 0 Å². The van der Waals surface area contributed by atoms with Gasteiger partial charge in [-0.25, -0.2) is 0 Å². The summed E-state index contributed by atoms with van der Waals surface area (Å²) in [5.41, 5.74) is 1.40. The molecule has 0 saturated heterocycles. The third-order valence-electron chi connectivity index (χ3n) is 3.41. The fraction of sp³-hybridized carbons (Fsp3) is 0.278. The van der Waals surface area contributed by atoms with Crippen molar-refractivity contribution in [3.8, 4) is 11.5 Å². The number of nitrogens with zero attached hydrogens (tertiary/aromatic N) is 1. The Balaban J connectivity index is 2.31. The summed E-state index contributed by atoms with van der Waals surface area (Å²) in [6.45, 7) is 4.02. The zero-order chi connectivity index (χ0) is 17.7. The van der Waals surface area contributed by atoms with Crippen molar-refractivity contribution in [3.63, 3.8) is 0 Å². The Morgan fingerprint density at radius 3 is 2.50 bits per heavy atom. The molecule has 3 nitrogen and oxygen atoms in total. The molecule has 2 aromatic rings. The highest BCUT2D eigenvalue weighted by molar-refractivity contribution is 6.36. The fourth-order valence-electron chi connectivity index (χ4n) is 1.94. The third-order valence-corrected chi connectivity index (χ3v) is 4.23. The summed E-state index contributed by atoms with van der Waals surface area (Å²) in [4.78, 5) is 4.37. The smallest absolute Gasteiger partial charge is 0.180 e. The molecular weight excluding hydrogens is 369 g/mol. The number of benzene rings is 2. The Morgan fingerprint density at radius 2 is 1.88 bits per heavy atom. The quantitative estimate of drug-likeness (QED) is 0.525. The molecule has 0 aromatic heterocycles. The highest BCUT2D eigenvalue weighted by atomic mass is 35.5. The molecule has 0 bridgehead atoms. The van der Waals surface area contributed by atoms with E-state index in [9.17, 15) is 0 Å². The molecule has 0 aliphatic carbocycles. The zero-order valence-corrected chi connectivity index (χ0v) is 15.9. The monoisotopic (exact) mass is 385 g/mol. The summed E-state index contributed by atoms with van der Waals surface area (Å²) in [6, 6.07) is 8.72. The number of aliphatic imine (C=N–C) groups is 1. The zero-order valence-electron chi connectivity index (χ0n) is 13.6. The lowest BCUT2D eigenvalue weighted by molar-refractivity contribution is 0.208. The standard InChI is InChI=1S/C18H18Cl3NO2/c1-4-11(2)24-18-15(21)7-12(8-17(18)23-3)10-22-16-6-5-13(19)9-14(16)20/h5-11H,4H2,1-3H3/t11-/m0/s1. The summed E-state index contributed by atoms with van der Waals surface area (Å²) >= 11 is 18.3. The summed E-state index contributed by atoms with van der Waals surface area (Å²) in [6.07, 6.45) is 2.58. The average molecular weight is 387 g/mol. The minimum Gasteiger partial charge on any atom is -0.493 e. The van der Waals surface area contributed by atoms with Crippen LogP contribution in [0, 0.1) is 0 Å². The molecule has 2 rings (SSSR count). The second kappa shape index (κ2) is 8.61. The van der Waals surface area contributed by atoms with Gasteiger partial charge in [0.05, 0.1) is 28.9 Å². The number of ether oxygens (including phenoxy) is 2. The Bertz CT molecular complexity index is 747. The van der Waals surface area contributed by atoms with E-state index in [-0.39, 0.29) is 6.10 Å². The molecule has 0 aliphatic rings. The van der Waals surface area contributed by atoms with Crippen LogP contribution in [-0.4, -0.2) is 19.4 Å². The molecule has 2 aromatic carbocycles. The van der Waals surface area contributed by atoms with Crippen LogP contribution in [0.5, 0.6) is 11.5 Å². The van der Waals surface area contributed by atoms with Gasteiger partial charge in [0.2, 0.25) is 0 Å². The van der Waals surface area contributed by atoms with E-state index in [0.717, 1.165) is 12.0 Å². The lowest BCUT2D eigenvalue weighted by Crippen LogP contribution is -2.11. The molecule has 0 N–H and O–H groups in total. The molecule has 0 heterocycles. The molecular formula is C18H18Cl3NO2. The molecule has 0 spiro atoms. The van der Waals surface area contributed by atoms with Crippen molar-refractivity contribution in [2.45, 2.75) is 26.4 Å². The van der Waals surface area contributed by atoms with E-state index in [2.05, 4.69) is 4.99 Å². The van der Waals surface area contributed by atoms with Crippen LogP contribution in [0.1, 0.15) is 25.8 Å². The van der Waals surface area contributed by atoms with Crippen molar-refractivity contribution in [1.82, 2.24) is 0 Å². The van der Waals surface area contributed by atoms with Crippen LogP contribution in [-0.2, 0) is 0 Å². The van der Waals surface area contributed by atoms with Gasteiger partial charge in [-0.1, -0.05) is 41.7 Å². The fourth-order valence-corrected chi connectivity index (χ4v) is 2.66. The first kappa shape index (κ1) is 18.9. The van der Waals surface area contributed by atoms with Gasteiger partial charge in [-0.3, -0.25) is 4.99 Å². The van der Waals surface area contributed by atoms with Crippen LogP contribution in [0.3, 0.4) is 0 Å². The van der Waals surface area contributed by atoms with Crippen LogP contribution in [0.25, 0.3) is 0 Å². The van der Waals surface area contributed by atoms with E-state index < -0.39 is 0 Å². The van der Waals surface area contributed by atoms with Gasteiger partial charge >= 0.3 is 0 Å². The largest absolute Gasteiger partial charge is 0.493 e. The van der Waals surface area contributed by atoms with Crippen molar-refractivity contribution in [2.75, 3.05) is 7.11 Å². The number of halogens is 3. The number of rotatable bonds is 6. The van der Waals surface area contributed by atoms with E-state index in [4.69, 9.17) is 44.3 Å². The first-order valence-electron chi connectivity index (χ1n) is 7.48. The lowest BCUT2D eigenvalue weighted by atomic mass is 10.2. The van der Waals surface area contributed by atoms with Gasteiger partial charge in [-0.2, -0.15) is 0 Å². The van der Waals surface area contributed by atoms with Gasteiger partial charge in [0, 0.05) is 11.2 Å². The van der Waals surface area contributed by atoms with Gasteiger partial charge < -0.3 is 9.47 Å². The SMILES string of the molecule is CC[C@H](C)Oc1c(Cl)cc(C=Nc2ccc(Cl)cc2Cl)cc1OC. The Labute approximate surface area is 157 Å². The molecule has 0 saturated carbocycles. The van der Waals surface area contributed by atoms with Crippen molar-refractivity contribution >= 4 is 46.7 Å². The molecule has 1 atom stereocenters. The molecule has 6 heteroatoms. The Kier molecular flexibility index (Phi) is 6.79. The van der Waals surface area contributed by atoms with Gasteiger partial charge in [0.25, 0.3) is 0 Å². The lowest BCUT2D eigenvalue weighted by Gasteiger charge is -2.17. The minimum atomic E-state index is 0.0452. The van der Waals surface area contributed by atoms with E-state index in [0.29, 0.717) is 32.3 Å². The molecule has 0 aliphatic heterocycles. The maximum atomic E-state index is 6.34. The maximum absolute atomic E-state index is 6.34. The van der Waals surface area contributed by atoms with Crippen molar-refractivity contribution in [1.29, 1.82) is 0 Å². The van der Waals surface area contributed by atoms with Crippen LogP contribution in [0.4, 0.5) is 5.69 Å². The normalized spacial score (nSPS) is 12.4. The van der Waals surface area contributed by atoms with E-state index in [1.165, 1.54) is 0 Å². The predicted molar refractivity (Wildman–Crippen MR) is 102 cm³/mol. The first-order valence-corrected chi connectivity index (χ1v) is 8.61. The van der Waals surface area contributed by atoms with Crippen LogP contribution in [0.2, 0.25) is 15.1 Å².